The summed E-state index contributed by atoms with van der Waals surface area (Å²) in [6, 6.07) is 7.58. The molecule has 1 rings (SSSR count). The second kappa shape index (κ2) is 8.88. The molecule has 0 spiro atoms. The van der Waals surface area contributed by atoms with Gasteiger partial charge in [0, 0.05) is 17.9 Å². The van der Waals surface area contributed by atoms with E-state index in [1.54, 1.807) is 0 Å². The van der Waals surface area contributed by atoms with Gasteiger partial charge in [-0.3, -0.25) is 0 Å². The highest BCUT2D eigenvalue weighted by Gasteiger charge is 2.25. The molecule has 0 amide bonds. The smallest absolute Gasteiger partial charge is 0.338 e. The molecule has 0 aromatic heterocycles. The summed E-state index contributed by atoms with van der Waals surface area (Å²) < 4.78 is 20.0. The first kappa shape index (κ1) is 21.0. The topological polar surface area (TPSA) is 61.4 Å². The number of carbonyl (C=O) groups is 1. The first-order valence-electron chi connectivity index (χ1n) is 8.47. The maximum atomic E-state index is 12.0. The van der Waals surface area contributed by atoms with Crippen LogP contribution in [0.25, 0.3) is 0 Å². The number of nitrogens with one attached hydrogen (secondary N) is 1. The minimum atomic E-state index is -1.00. The second-order valence-electron chi connectivity index (χ2n) is 7.93. The Morgan fingerprint density at radius 2 is 1.67 bits per heavy atom. The number of rotatable bonds is 7. The Morgan fingerprint density at radius 1 is 1.08 bits per heavy atom. The summed E-state index contributed by atoms with van der Waals surface area (Å²) in [5, 5.41) is 0. The predicted molar refractivity (Wildman–Crippen MR) is 100 cm³/mol. The molecule has 0 saturated carbocycles. The van der Waals surface area contributed by atoms with Gasteiger partial charge in [-0.05, 0) is 78.5 Å². The quantitative estimate of drug-likeness (QED) is 0.457. The van der Waals surface area contributed by atoms with Crippen LogP contribution in [0, 0.1) is 0 Å². The maximum Gasteiger partial charge on any atom is 0.338 e. The van der Waals surface area contributed by atoms with Gasteiger partial charge in [0.1, 0.15) is 10.3 Å². The van der Waals surface area contributed by atoms with Crippen LogP contribution in [0.15, 0.2) is 24.3 Å². The SMILES string of the molecule is CC(C)(C)OC(=O)c1ccc(CCCCN[S@@+]([O-])C(C)(C)C)cc1. The van der Waals surface area contributed by atoms with Crippen molar-refractivity contribution in [1.29, 1.82) is 0 Å². The van der Waals surface area contributed by atoms with Crippen molar-refractivity contribution in [3.05, 3.63) is 35.4 Å². The number of carbonyl (C=O) groups excluding carboxylic acids is 1. The minimum absolute atomic E-state index is 0.225. The van der Waals surface area contributed by atoms with Crippen LogP contribution in [0.3, 0.4) is 0 Å². The van der Waals surface area contributed by atoms with E-state index in [-0.39, 0.29) is 10.7 Å². The van der Waals surface area contributed by atoms with Gasteiger partial charge >= 0.3 is 5.97 Å². The Bertz CT molecular complexity index is 515. The lowest BCUT2D eigenvalue weighted by atomic mass is 10.1. The number of esters is 1. The van der Waals surface area contributed by atoms with Crippen molar-refractivity contribution in [2.45, 2.75) is 71.2 Å². The Hall–Kier alpha value is -1.04. The summed E-state index contributed by atoms with van der Waals surface area (Å²) in [7, 11) is 0. The lowest BCUT2D eigenvalue weighted by molar-refractivity contribution is 0.00695. The lowest BCUT2D eigenvalue weighted by Gasteiger charge is -2.23. The Balaban J connectivity index is 2.34. The normalized spacial score (nSPS) is 13.6. The zero-order valence-corrected chi connectivity index (χ0v) is 16.6. The standard InChI is InChI=1S/C19H31NO3S/c1-18(2,3)23-17(21)16-12-10-15(11-13-16)9-7-8-14-20-24(22)19(4,5)6/h10-13,20H,7-9,14H2,1-6H3/t24-/m0/s1. The molecule has 1 aromatic rings. The largest absolute Gasteiger partial charge is 0.598 e. The van der Waals surface area contributed by atoms with Gasteiger partial charge in [0.2, 0.25) is 0 Å². The Morgan fingerprint density at radius 3 is 2.17 bits per heavy atom. The monoisotopic (exact) mass is 353 g/mol. The van der Waals surface area contributed by atoms with Crippen LogP contribution in [0.4, 0.5) is 0 Å². The highest BCUT2D eigenvalue weighted by molar-refractivity contribution is 7.90. The molecule has 24 heavy (non-hydrogen) atoms. The molecule has 0 aliphatic heterocycles. The van der Waals surface area contributed by atoms with Crippen molar-refractivity contribution in [1.82, 2.24) is 4.72 Å². The Labute approximate surface area is 149 Å². The van der Waals surface area contributed by atoms with E-state index < -0.39 is 17.0 Å². The van der Waals surface area contributed by atoms with Gasteiger partial charge in [0.15, 0.2) is 0 Å². The van der Waals surface area contributed by atoms with Crippen molar-refractivity contribution in [2.75, 3.05) is 6.54 Å². The van der Waals surface area contributed by atoms with E-state index in [9.17, 15) is 9.35 Å². The number of aryl methyl sites for hydroxylation is 1. The molecule has 136 valence electrons. The van der Waals surface area contributed by atoms with Crippen LogP contribution in [-0.2, 0) is 22.5 Å². The minimum Gasteiger partial charge on any atom is -0.598 e. The number of benzene rings is 1. The van der Waals surface area contributed by atoms with E-state index in [1.165, 1.54) is 5.56 Å². The third-order valence-electron chi connectivity index (χ3n) is 3.27. The first-order valence-corrected chi connectivity index (χ1v) is 9.62. The molecule has 4 nitrogen and oxygen atoms in total. The van der Waals surface area contributed by atoms with Gasteiger partial charge in [-0.15, -0.1) is 4.72 Å². The molecule has 0 bridgehead atoms. The predicted octanol–water partition coefficient (Wildman–Crippen LogP) is 4.02. The van der Waals surface area contributed by atoms with Gasteiger partial charge in [-0.1, -0.05) is 12.1 Å². The van der Waals surface area contributed by atoms with E-state index in [2.05, 4.69) is 4.72 Å². The van der Waals surface area contributed by atoms with Gasteiger partial charge in [-0.2, -0.15) is 0 Å². The molecular formula is C19H31NO3S. The van der Waals surface area contributed by atoms with Gasteiger partial charge in [0.25, 0.3) is 0 Å². The van der Waals surface area contributed by atoms with Crippen LogP contribution < -0.4 is 4.72 Å². The van der Waals surface area contributed by atoms with Crippen molar-refractivity contribution in [3.8, 4) is 0 Å². The summed E-state index contributed by atoms with van der Waals surface area (Å²) >= 11 is -1.00. The molecule has 5 heteroatoms. The average Bonchev–Trinajstić information content (AvgIpc) is 2.44. The van der Waals surface area contributed by atoms with E-state index in [0.717, 1.165) is 25.8 Å². The van der Waals surface area contributed by atoms with E-state index in [0.29, 0.717) is 5.56 Å². The Kier molecular flexibility index (Phi) is 7.77. The van der Waals surface area contributed by atoms with Crippen LogP contribution in [0.5, 0.6) is 0 Å². The molecule has 1 N–H and O–H groups in total. The second-order valence-corrected chi connectivity index (χ2v) is 9.98. The summed E-state index contributed by atoms with van der Waals surface area (Å²) in [6.45, 7) is 12.2. The highest BCUT2D eigenvalue weighted by Crippen LogP contribution is 2.15. The van der Waals surface area contributed by atoms with Crippen molar-refractivity contribution < 1.29 is 14.1 Å². The molecule has 1 aromatic carbocycles. The molecule has 0 unspecified atom stereocenters. The van der Waals surface area contributed by atoms with E-state index in [1.807, 2.05) is 65.8 Å². The molecule has 0 aliphatic rings. The number of unbranched alkanes of at least 4 members (excludes halogenated alkanes) is 1. The van der Waals surface area contributed by atoms with E-state index in [4.69, 9.17) is 4.74 Å². The fourth-order valence-electron chi connectivity index (χ4n) is 1.98. The third-order valence-corrected chi connectivity index (χ3v) is 4.85. The summed E-state index contributed by atoms with van der Waals surface area (Å²) in [6.07, 6.45) is 2.92. The van der Waals surface area contributed by atoms with Crippen LogP contribution in [0.2, 0.25) is 0 Å². The molecular weight excluding hydrogens is 322 g/mol. The number of hydrogen-bond acceptors (Lipinski definition) is 4. The average molecular weight is 354 g/mol. The number of ether oxygens (including phenoxy) is 1. The van der Waals surface area contributed by atoms with Crippen LogP contribution >= 0.6 is 0 Å². The van der Waals surface area contributed by atoms with Crippen LogP contribution in [-0.4, -0.2) is 27.4 Å². The van der Waals surface area contributed by atoms with Crippen molar-refractivity contribution in [2.24, 2.45) is 0 Å². The van der Waals surface area contributed by atoms with Gasteiger partial charge < -0.3 is 9.29 Å². The molecule has 0 fully saturated rings. The number of hydrogen-bond donors (Lipinski definition) is 1. The van der Waals surface area contributed by atoms with Gasteiger partial charge in [0.05, 0.1) is 5.56 Å². The fourth-order valence-corrected chi connectivity index (χ4v) is 2.74. The van der Waals surface area contributed by atoms with E-state index >= 15 is 0 Å². The molecule has 0 saturated heterocycles. The first-order chi connectivity index (χ1) is 11.0. The summed E-state index contributed by atoms with van der Waals surface area (Å²) in [4.78, 5) is 12.0. The fraction of sp³-hybridized carbons (Fsp3) is 0.632. The van der Waals surface area contributed by atoms with Crippen molar-refractivity contribution in [3.63, 3.8) is 0 Å². The third kappa shape index (κ3) is 8.18. The zero-order chi connectivity index (χ0) is 18.4. The molecule has 1 atom stereocenters. The highest BCUT2D eigenvalue weighted by atomic mass is 32.2. The molecule has 0 heterocycles. The summed E-state index contributed by atoms with van der Waals surface area (Å²) in [5.74, 6) is -0.289. The lowest BCUT2D eigenvalue weighted by Crippen LogP contribution is -2.39. The molecule has 0 radical (unpaired) electrons. The van der Waals surface area contributed by atoms with Crippen molar-refractivity contribution >= 4 is 17.3 Å². The molecule has 0 aliphatic carbocycles. The zero-order valence-electron chi connectivity index (χ0n) is 15.8. The van der Waals surface area contributed by atoms with Gasteiger partial charge in [-0.25, -0.2) is 4.79 Å². The van der Waals surface area contributed by atoms with Crippen LogP contribution in [0.1, 0.15) is 70.3 Å². The maximum absolute atomic E-state index is 12.0. The summed E-state index contributed by atoms with van der Waals surface area (Å²) in [5.41, 5.74) is 1.30.